The standard InChI is InChI=1S/C12H9Br2N3O3S/c13-10-6-15-12(11(14)16-10)17-21(18,19)8-1-2-9-7(5-8)3-4-20-9/h1-2,5-6H,3-4H2,(H,15,17). The van der Waals surface area contributed by atoms with Gasteiger partial charge >= 0.3 is 0 Å². The van der Waals surface area contributed by atoms with Crippen molar-refractivity contribution in [3.05, 3.63) is 39.2 Å². The SMILES string of the molecule is O=S(=O)(Nc1ncc(Br)nc1Br)c1ccc2c(c1)CCO2. The lowest BCUT2D eigenvalue weighted by atomic mass is 10.2. The Kier molecular flexibility index (Phi) is 3.89. The van der Waals surface area contributed by atoms with Crippen molar-refractivity contribution in [2.75, 3.05) is 11.3 Å². The van der Waals surface area contributed by atoms with Gasteiger partial charge in [-0.2, -0.15) is 0 Å². The monoisotopic (exact) mass is 433 g/mol. The molecule has 0 fully saturated rings. The first-order valence-corrected chi connectivity index (χ1v) is 8.99. The molecule has 0 spiro atoms. The second-order valence-electron chi connectivity index (χ2n) is 4.31. The highest BCUT2D eigenvalue weighted by Crippen LogP contribution is 2.29. The Hall–Kier alpha value is -1.19. The Labute approximate surface area is 138 Å². The molecule has 0 unspecified atom stereocenters. The zero-order valence-corrected chi connectivity index (χ0v) is 14.5. The molecular weight excluding hydrogens is 426 g/mol. The number of fused-ring (bicyclic) bond motifs is 1. The summed E-state index contributed by atoms with van der Waals surface area (Å²) >= 11 is 6.33. The number of ether oxygens (including phenoxy) is 1. The highest BCUT2D eigenvalue weighted by Gasteiger charge is 2.21. The second kappa shape index (κ2) is 5.54. The molecule has 1 aliphatic rings. The Morgan fingerprint density at radius 1 is 1.29 bits per heavy atom. The van der Waals surface area contributed by atoms with Gasteiger partial charge in [0.1, 0.15) is 10.4 Å². The minimum absolute atomic E-state index is 0.134. The molecule has 0 amide bonds. The third kappa shape index (κ3) is 3.04. The van der Waals surface area contributed by atoms with Gasteiger partial charge in [-0.25, -0.2) is 18.4 Å². The van der Waals surface area contributed by atoms with Crippen molar-refractivity contribution in [3.8, 4) is 5.75 Å². The molecule has 110 valence electrons. The highest BCUT2D eigenvalue weighted by atomic mass is 79.9. The Morgan fingerprint density at radius 3 is 2.86 bits per heavy atom. The summed E-state index contributed by atoms with van der Waals surface area (Å²) in [6.45, 7) is 0.579. The molecule has 0 saturated carbocycles. The van der Waals surface area contributed by atoms with Crippen LogP contribution in [0.1, 0.15) is 5.56 Å². The maximum absolute atomic E-state index is 12.4. The third-order valence-corrected chi connectivity index (χ3v) is 5.17. The van der Waals surface area contributed by atoms with Gasteiger partial charge in [0, 0.05) is 6.42 Å². The third-order valence-electron chi connectivity index (χ3n) is 2.90. The summed E-state index contributed by atoms with van der Waals surface area (Å²) in [6, 6.07) is 4.79. The highest BCUT2D eigenvalue weighted by molar-refractivity contribution is 9.11. The summed E-state index contributed by atoms with van der Waals surface area (Å²) in [5.74, 6) is 0.869. The maximum atomic E-state index is 12.4. The van der Waals surface area contributed by atoms with Gasteiger partial charge in [0.15, 0.2) is 10.4 Å². The average Bonchev–Trinajstić information content (AvgIpc) is 2.89. The number of aromatic nitrogens is 2. The summed E-state index contributed by atoms with van der Waals surface area (Å²) < 4.78 is 33.4. The molecule has 1 N–H and O–H groups in total. The van der Waals surface area contributed by atoms with E-state index in [0.717, 1.165) is 11.3 Å². The fourth-order valence-electron chi connectivity index (χ4n) is 1.93. The van der Waals surface area contributed by atoms with Crippen LogP contribution in [0.5, 0.6) is 5.75 Å². The number of anilines is 1. The first-order valence-electron chi connectivity index (χ1n) is 5.92. The van der Waals surface area contributed by atoms with E-state index < -0.39 is 10.0 Å². The van der Waals surface area contributed by atoms with Crippen molar-refractivity contribution in [1.29, 1.82) is 0 Å². The molecule has 0 saturated heterocycles. The first-order chi connectivity index (χ1) is 9.95. The summed E-state index contributed by atoms with van der Waals surface area (Å²) in [6.07, 6.45) is 2.12. The fourth-order valence-corrected chi connectivity index (χ4v) is 4.04. The average molecular weight is 435 g/mol. The molecule has 6 nitrogen and oxygen atoms in total. The lowest BCUT2D eigenvalue weighted by molar-refractivity contribution is 0.356. The first kappa shape index (κ1) is 14.7. The molecule has 0 radical (unpaired) electrons. The molecule has 1 aliphatic heterocycles. The lowest BCUT2D eigenvalue weighted by Gasteiger charge is -2.09. The number of halogens is 2. The number of nitrogens with zero attached hydrogens (tertiary/aromatic N) is 2. The number of sulfonamides is 1. The fraction of sp³-hybridized carbons (Fsp3) is 0.167. The van der Waals surface area contributed by atoms with Gasteiger partial charge in [-0.3, -0.25) is 4.72 Å². The predicted octanol–water partition coefficient (Wildman–Crippen LogP) is 2.74. The molecule has 2 aromatic rings. The van der Waals surface area contributed by atoms with Crippen molar-refractivity contribution in [3.63, 3.8) is 0 Å². The summed E-state index contributed by atoms with van der Waals surface area (Å²) in [4.78, 5) is 8.19. The van der Waals surface area contributed by atoms with E-state index in [4.69, 9.17) is 4.74 Å². The summed E-state index contributed by atoms with van der Waals surface area (Å²) in [5.41, 5.74) is 0.888. The Morgan fingerprint density at radius 2 is 2.10 bits per heavy atom. The van der Waals surface area contributed by atoms with Crippen LogP contribution in [0.25, 0.3) is 0 Å². The molecule has 9 heteroatoms. The predicted molar refractivity (Wildman–Crippen MR) is 83.9 cm³/mol. The molecular formula is C12H9Br2N3O3S. The minimum atomic E-state index is -3.72. The smallest absolute Gasteiger partial charge is 0.263 e. The molecule has 21 heavy (non-hydrogen) atoms. The number of hydrogen-bond acceptors (Lipinski definition) is 5. The van der Waals surface area contributed by atoms with Crippen molar-refractivity contribution in [2.45, 2.75) is 11.3 Å². The number of nitrogens with one attached hydrogen (secondary N) is 1. The van der Waals surface area contributed by atoms with Crippen molar-refractivity contribution >= 4 is 47.7 Å². The Bertz CT molecular complexity index is 811. The second-order valence-corrected chi connectivity index (χ2v) is 7.55. The molecule has 0 atom stereocenters. The van der Waals surface area contributed by atoms with E-state index in [1.165, 1.54) is 12.3 Å². The van der Waals surface area contributed by atoms with E-state index in [9.17, 15) is 8.42 Å². The summed E-state index contributed by atoms with van der Waals surface area (Å²) in [5, 5.41) is 0. The van der Waals surface area contributed by atoms with E-state index in [2.05, 4.69) is 46.5 Å². The van der Waals surface area contributed by atoms with E-state index in [0.29, 0.717) is 22.2 Å². The Balaban J connectivity index is 1.93. The van der Waals surface area contributed by atoms with Crippen LogP contribution < -0.4 is 9.46 Å². The van der Waals surface area contributed by atoms with Crippen LogP contribution in [0.2, 0.25) is 0 Å². The van der Waals surface area contributed by atoms with Gasteiger partial charge < -0.3 is 4.74 Å². The van der Waals surface area contributed by atoms with Crippen LogP contribution in [0, 0.1) is 0 Å². The number of rotatable bonds is 3. The van der Waals surface area contributed by atoms with Gasteiger partial charge in [0.2, 0.25) is 0 Å². The number of hydrogen-bond donors (Lipinski definition) is 1. The van der Waals surface area contributed by atoms with Crippen LogP contribution in [0.15, 0.2) is 38.5 Å². The normalized spacial score (nSPS) is 13.6. The summed E-state index contributed by atoms with van der Waals surface area (Å²) in [7, 11) is -3.72. The van der Waals surface area contributed by atoms with Gasteiger partial charge in [0.05, 0.1) is 17.7 Å². The van der Waals surface area contributed by atoms with Crippen LogP contribution in [0.3, 0.4) is 0 Å². The van der Waals surface area contributed by atoms with E-state index >= 15 is 0 Å². The van der Waals surface area contributed by atoms with Crippen LogP contribution in [-0.2, 0) is 16.4 Å². The van der Waals surface area contributed by atoms with Crippen molar-refractivity contribution in [1.82, 2.24) is 9.97 Å². The maximum Gasteiger partial charge on any atom is 0.263 e. The molecule has 0 bridgehead atoms. The molecule has 3 rings (SSSR count). The van der Waals surface area contributed by atoms with Crippen LogP contribution in [-0.4, -0.2) is 25.0 Å². The van der Waals surface area contributed by atoms with E-state index in [1.807, 2.05) is 0 Å². The van der Waals surface area contributed by atoms with Crippen molar-refractivity contribution in [2.24, 2.45) is 0 Å². The zero-order chi connectivity index (χ0) is 15.0. The van der Waals surface area contributed by atoms with Crippen molar-refractivity contribution < 1.29 is 13.2 Å². The molecule has 2 heterocycles. The van der Waals surface area contributed by atoms with Gasteiger partial charge in [0.25, 0.3) is 10.0 Å². The molecule has 1 aromatic carbocycles. The number of benzene rings is 1. The van der Waals surface area contributed by atoms with Crippen LogP contribution in [0.4, 0.5) is 5.82 Å². The van der Waals surface area contributed by atoms with E-state index in [1.54, 1.807) is 12.1 Å². The van der Waals surface area contributed by atoms with Gasteiger partial charge in [-0.15, -0.1) is 0 Å². The quantitative estimate of drug-likeness (QED) is 0.803. The van der Waals surface area contributed by atoms with Gasteiger partial charge in [-0.1, -0.05) is 0 Å². The van der Waals surface area contributed by atoms with Crippen LogP contribution >= 0.6 is 31.9 Å². The zero-order valence-electron chi connectivity index (χ0n) is 10.5. The minimum Gasteiger partial charge on any atom is -0.493 e. The molecule has 1 aromatic heterocycles. The lowest BCUT2D eigenvalue weighted by Crippen LogP contribution is -2.15. The largest absolute Gasteiger partial charge is 0.493 e. The molecule has 0 aliphatic carbocycles. The topological polar surface area (TPSA) is 81.2 Å². The van der Waals surface area contributed by atoms with E-state index in [-0.39, 0.29) is 10.7 Å². The van der Waals surface area contributed by atoms with Gasteiger partial charge in [-0.05, 0) is 55.6 Å².